The third-order valence-corrected chi connectivity index (χ3v) is 5.45. The van der Waals surface area contributed by atoms with Crippen LogP contribution in [0.4, 0.5) is 5.69 Å². The molecule has 0 saturated carbocycles. The smallest absolute Gasteiger partial charge is 0.239 e. The molecule has 8 heteroatoms. The van der Waals surface area contributed by atoms with Crippen LogP contribution >= 0.6 is 34.8 Å². The molecular weight excluding hydrogens is 411 g/mol. The topological polar surface area (TPSA) is 69.6 Å². The highest BCUT2D eigenvalue weighted by atomic mass is 35.5. The Bertz CT molecular complexity index is 858. The molecule has 1 aliphatic heterocycles. The molecule has 3 rings (SSSR count). The molecule has 0 aliphatic carbocycles. The average Bonchev–Trinajstić information content (AvgIpc) is 3.04. The minimum absolute atomic E-state index is 0.0109. The third kappa shape index (κ3) is 4.55. The highest BCUT2D eigenvalue weighted by molar-refractivity contribution is 6.42. The molecule has 0 aromatic heterocycles. The summed E-state index contributed by atoms with van der Waals surface area (Å²) >= 11 is 17.7. The monoisotopic (exact) mass is 426 g/mol. The standard InChI is InChI=1S/C19H17Cl3N2O3/c20-12-3-1-11(2-4-12)17(25)10-23-18(26)14-7-8-24(19(14)27)13-5-6-15(21)16(22)9-13/h1-6,9,14,17,25H,7-8,10H2,(H,23,26). The van der Waals surface area contributed by atoms with Crippen molar-refractivity contribution in [3.05, 3.63) is 63.1 Å². The Morgan fingerprint density at radius 1 is 1.15 bits per heavy atom. The van der Waals surface area contributed by atoms with Crippen molar-refractivity contribution in [1.29, 1.82) is 0 Å². The van der Waals surface area contributed by atoms with Crippen molar-refractivity contribution < 1.29 is 14.7 Å². The van der Waals surface area contributed by atoms with Gasteiger partial charge in [-0.3, -0.25) is 9.59 Å². The number of carbonyl (C=O) groups is 2. The van der Waals surface area contributed by atoms with Gasteiger partial charge in [0, 0.05) is 23.8 Å². The van der Waals surface area contributed by atoms with Gasteiger partial charge in [-0.1, -0.05) is 46.9 Å². The van der Waals surface area contributed by atoms with Gasteiger partial charge < -0.3 is 15.3 Å². The molecule has 2 unspecified atom stereocenters. The van der Waals surface area contributed by atoms with E-state index in [2.05, 4.69) is 5.32 Å². The lowest BCUT2D eigenvalue weighted by Gasteiger charge is -2.18. The van der Waals surface area contributed by atoms with Crippen LogP contribution in [0.15, 0.2) is 42.5 Å². The zero-order valence-corrected chi connectivity index (χ0v) is 16.4. The Labute approximate surface area is 171 Å². The Morgan fingerprint density at radius 3 is 2.52 bits per heavy atom. The van der Waals surface area contributed by atoms with Gasteiger partial charge in [0.05, 0.1) is 16.1 Å². The van der Waals surface area contributed by atoms with Gasteiger partial charge in [0.2, 0.25) is 11.8 Å². The summed E-state index contributed by atoms with van der Waals surface area (Å²) in [6.45, 7) is 0.422. The Kier molecular flexibility index (Phi) is 6.27. The predicted molar refractivity (Wildman–Crippen MR) is 106 cm³/mol. The average molecular weight is 428 g/mol. The summed E-state index contributed by atoms with van der Waals surface area (Å²) in [5.74, 6) is -1.50. The van der Waals surface area contributed by atoms with E-state index < -0.39 is 17.9 Å². The molecule has 0 radical (unpaired) electrons. The van der Waals surface area contributed by atoms with Crippen LogP contribution in [0.2, 0.25) is 15.1 Å². The summed E-state index contributed by atoms with van der Waals surface area (Å²) in [5, 5.41) is 14.1. The second-order valence-corrected chi connectivity index (χ2v) is 7.49. The number of aliphatic hydroxyl groups excluding tert-OH is 1. The van der Waals surface area contributed by atoms with Crippen molar-refractivity contribution in [3.8, 4) is 0 Å². The second-order valence-electron chi connectivity index (χ2n) is 6.24. The molecule has 1 heterocycles. The molecule has 2 N–H and O–H groups in total. The summed E-state index contributed by atoms with van der Waals surface area (Å²) < 4.78 is 0. The normalized spacial score (nSPS) is 17.9. The lowest BCUT2D eigenvalue weighted by atomic mass is 10.1. The van der Waals surface area contributed by atoms with E-state index in [1.54, 1.807) is 42.5 Å². The van der Waals surface area contributed by atoms with Gasteiger partial charge in [-0.05, 0) is 42.3 Å². The number of amides is 2. The van der Waals surface area contributed by atoms with Gasteiger partial charge in [0.1, 0.15) is 5.92 Å². The molecule has 2 aromatic rings. The van der Waals surface area contributed by atoms with E-state index in [1.165, 1.54) is 4.90 Å². The highest BCUT2D eigenvalue weighted by Gasteiger charge is 2.37. The van der Waals surface area contributed by atoms with Crippen LogP contribution < -0.4 is 10.2 Å². The predicted octanol–water partition coefficient (Wildman–Crippen LogP) is 3.85. The van der Waals surface area contributed by atoms with Crippen molar-refractivity contribution in [2.24, 2.45) is 5.92 Å². The van der Waals surface area contributed by atoms with Gasteiger partial charge in [-0.2, -0.15) is 0 Å². The lowest BCUT2D eigenvalue weighted by molar-refractivity contribution is -0.132. The first-order valence-electron chi connectivity index (χ1n) is 8.34. The number of nitrogens with one attached hydrogen (secondary N) is 1. The van der Waals surface area contributed by atoms with E-state index in [-0.39, 0.29) is 12.5 Å². The molecule has 0 spiro atoms. The Hall–Kier alpha value is -1.79. The van der Waals surface area contributed by atoms with Crippen LogP contribution in [0.3, 0.4) is 0 Å². The van der Waals surface area contributed by atoms with Crippen molar-refractivity contribution in [1.82, 2.24) is 5.32 Å². The van der Waals surface area contributed by atoms with Crippen LogP contribution in [0.1, 0.15) is 18.1 Å². The van der Waals surface area contributed by atoms with E-state index >= 15 is 0 Å². The summed E-state index contributed by atoms with van der Waals surface area (Å²) in [6.07, 6.45) is -0.490. The first-order valence-corrected chi connectivity index (χ1v) is 9.48. The second kappa shape index (κ2) is 8.48. The van der Waals surface area contributed by atoms with Gasteiger partial charge in [0.15, 0.2) is 0 Å². The maximum atomic E-state index is 12.6. The maximum absolute atomic E-state index is 12.6. The van der Waals surface area contributed by atoms with E-state index in [0.717, 1.165) is 0 Å². The molecule has 2 atom stereocenters. The van der Waals surface area contributed by atoms with E-state index in [0.29, 0.717) is 39.3 Å². The maximum Gasteiger partial charge on any atom is 0.239 e. The summed E-state index contributed by atoms with van der Waals surface area (Å²) in [4.78, 5) is 26.5. The largest absolute Gasteiger partial charge is 0.387 e. The van der Waals surface area contributed by atoms with Crippen LogP contribution in [-0.2, 0) is 9.59 Å². The van der Waals surface area contributed by atoms with E-state index in [4.69, 9.17) is 34.8 Å². The highest BCUT2D eigenvalue weighted by Crippen LogP contribution is 2.31. The summed E-state index contributed by atoms with van der Waals surface area (Å²) in [7, 11) is 0. The lowest BCUT2D eigenvalue weighted by Crippen LogP contribution is -2.38. The molecule has 1 aliphatic rings. The Balaban J connectivity index is 1.60. The minimum atomic E-state index is -0.881. The molecule has 1 saturated heterocycles. The van der Waals surface area contributed by atoms with Gasteiger partial charge >= 0.3 is 0 Å². The Morgan fingerprint density at radius 2 is 1.85 bits per heavy atom. The first kappa shape index (κ1) is 20.0. The van der Waals surface area contributed by atoms with Crippen molar-refractivity contribution in [2.45, 2.75) is 12.5 Å². The molecule has 27 heavy (non-hydrogen) atoms. The number of hydrogen-bond donors (Lipinski definition) is 2. The zero-order valence-electron chi connectivity index (χ0n) is 14.2. The first-order chi connectivity index (χ1) is 12.9. The molecular formula is C19H17Cl3N2O3. The minimum Gasteiger partial charge on any atom is -0.387 e. The molecule has 5 nitrogen and oxygen atoms in total. The fourth-order valence-corrected chi connectivity index (χ4v) is 3.37. The van der Waals surface area contributed by atoms with Crippen LogP contribution in [0.5, 0.6) is 0 Å². The molecule has 142 valence electrons. The van der Waals surface area contributed by atoms with Gasteiger partial charge in [-0.25, -0.2) is 0 Å². The fourth-order valence-electron chi connectivity index (χ4n) is 2.96. The summed E-state index contributed by atoms with van der Waals surface area (Å²) in [6, 6.07) is 11.6. The number of benzene rings is 2. The number of nitrogens with zero attached hydrogens (tertiary/aromatic N) is 1. The fraction of sp³-hybridized carbons (Fsp3) is 0.263. The third-order valence-electron chi connectivity index (χ3n) is 4.46. The number of halogens is 3. The number of hydrogen-bond acceptors (Lipinski definition) is 3. The molecule has 2 aromatic carbocycles. The number of aliphatic hydroxyl groups is 1. The van der Waals surface area contributed by atoms with Crippen LogP contribution in [-0.4, -0.2) is 30.0 Å². The van der Waals surface area contributed by atoms with Gasteiger partial charge in [0.25, 0.3) is 0 Å². The van der Waals surface area contributed by atoms with Crippen molar-refractivity contribution in [2.75, 3.05) is 18.0 Å². The van der Waals surface area contributed by atoms with Crippen LogP contribution in [0.25, 0.3) is 0 Å². The summed E-state index contributed by atoms with van der Waals surface area (Å²) in [5.41, 5.74) is 1.24. The van der Waals surface area contributed by atoms with Gasteiger partial charge in [-0.15, -0.1) is 0 Å². The zero-order chi connectivity index (χ0) is 19.6. The molecule has 2 amide bonds. The number of rotatable bonds is 5. The molecule has 1 fully saturated rings. The van der Waals surface area contributed by atoms with Crippen molar-refractivity contribution >= 4 is 52.3 Å². The quantitative estimate of drug-likeness (QED) is 0.712. The number of carbonyl (C=O) groups excluding carboxylic acids is 2. The molecule has 0 bridgehead atoms. The van der Waals surface area contributed by atoms with E-state index in [1.807, 2.05) is 0 Å². The number of anilines is 1. The SMILES string of the molecule is O=C(NCC(O)c1ccc(Cl)cc1)C1CCN(c2ccc(Cl)c(Cl)c2)C1=O. The van der Waals surface area contributed by atoms with E-state index in [9.17, 15) is 14.7 Å². The van der Waals surface area contributed by atoms with Crippen molar-refractivity contribution in [3.63, 3.8) is 0 Å². The van der Waals surface area contributed by atoms with Crippen LogP contribution in [0, 0.1) is 5.92 Å².